The Hall–Kier alpha value is -2.16. The van der Waals surface area contributed by atoms with Crippen molar-refractivity contribution in [3.63, 3.8) is 0 Å². The maximum atomic E-state index is 10.1. The molecule has 2 aliphatic rings. The fourth-order valence-corrected chi connectivity index (χ4v) is 3.11. The Balaban J connectivity index is 1.17. The van der Waals surface area contributed by atoms with Gasteiger partial charge in [-0.25, -0.2) is 9.67 Å². The molecule has 1 aromatic carbocycles. The molecule has 0 bridgehead atoms. The topological polar surface area (TPSA) is 90.7 Å². The molecule has 0 fully saturated rings. The average molecular weight is 346 g/mol. The number of ether oxygens (including phenoxy) is 3. The molecule has 0 saturated heterocycles. The Kier molecular flexibility index (Phi) is 4.82. The molecule has 8 nitrogen and oxygen atoms in total. The highest BCUT2D eigenvalue weighted by molar-refractivity contribution is 5.44. The van der Waals surface area contributed by atoms with Gasteiger partial charge in [0.1, 0.15) is 12.2 Å². The number of nitrogens with one attached hydrogen (secondary N) is 1. The predicted molar refractivity (Wildman–Crippen MR) is 88.4 cm³/mol. The minimum atomic E-state index is -0.550. The van der Waals surface area contributed by atoms with Crippen molar-refractivity contribution in [2.75, 3.05) is 19.9 Å². The first-order valence-electron chi connectivity index (χ1n) is 8.52. The fraction of sp³-hybridized carbons (Fsp3) is 0.529. The van der Waals surface area contributed by atoms with Gasteiger partial charge in [-0.15, -0.1) is 0 Å². The molecule has 2 aliphatic heterocycles. The number of aliphatic hydroxyl groups excluding tert-OH is 1. The van der Waals surface area contributed by atoms with Gasteiger partial charge in [0, 0.05) is 19.0 Å². The van der Waals surface area contributed by atoms with Crippen molar-refractivity contribution in [1.29, 1.82) is 0 Å². The molecule has 2 N–H and O–H groups in total. The summed E-state index contributed by atoms with van der Waals surface area (Å²) in [6, 6.07) is 6.03. The van der Waals surface area contributed by atoms with Crippen LogP contribution >= 0.6 is 0 Å². The van der Waals surface area contributed by atoms with Crippen LogP contribution < -0.4 is 14.8 Å². The molecule has 1 aromatic heterocycles. The monoisotopic (exact) mass is 346 g/mol. The summed E-state index contributed by atoms with van der Waals surface area (Å²) in [7, 11) is 0. The zero-order valence-corrected chi connectivity index (χ0v) is 13.9. The van der Waals surface area contributed by atoms with Gasteiger partial charge in [-0.3, -0.25) is 0 Å². The van der Waals surface area contributed by atoms with Crippen LogP contribution in [0, 0.1) is 0 Å². The lowest BCUT2D eigenvalue weighted by atomic mass is 10.1. The first-order valence-corrected chi connectivity index (χ1v) is 8.52. The van der Waals surface area contributed by atoms with Crippen molar-refractivity contribution in [2.45, 2.75) is 38.1 Å². The van der Waals surface area contributed by atoms with E-state index in [2.05, 4.69) is 15.4 Å². The molecule has 3 heterocycles. The van der Waals surface area contributed by atoms with Crippen molar-refractivity contribution in [3.05, 3.63) is 35.9 Å². The second-order valence-electron chi connectivity index (χ2n) is 6.36. The number of benzene rings is 1. The van der Waals surface area contributed by atoms with E-state index in [0.29, 0.717) is 19.2 Å². The summed E-state index contributed by atoms with van der Waals surface area (Å²) in [5, 5.41) is 17.7. The van der Waals surface area contributed by atoms with Crippen molar-refractivity contribution in [2.24, 2.45) is 0 Å². The average Bonchev–Trinajstić information content (AvgIpc) is 3.28. The molecular weight excluding hydrogens is 324 g/mol. The Morgan fingerprint density at radius 2 is 2.28 bits per heavy atom. The second kappa shape index (κ2) is 7.38. The molecule has 0 aliphatic carbocycles. The molecule has 4 rings (SSSR count). The smallest absolute Gasteiger partial charge is 0.231 e. The van der Waals surface area contributed by atoms with E-state index >= 15 is 0 Å². The molecule has 0 saturated carbocycles. The minimum Gasteiger partial charge on any atom is -0.454 e. The molecule has 2 atom stereocenters. The van der Waals surface area contributed by atoms with Crippen LogP contribution in [-0.2, 0) is 24.3 Å². The summed E-state index contributed by atoms with van der Waals surface area (Å²) in [5.74, 6) is 2.54. The molecule has 134 valence electrons. The fourth-order valence-electron chi connectivity index (χ4n) is 3.11. The van der Waals surface area contributed by atoms with E-state index in [1.807, 2.05) is 22.9 Å². The van der Waals surface area contributed by atoms with Crippen LogP contribution in [0.4, 0.5) is 0 Å². The molecule has 25 heavy (non-hydrogen) atoms. The van der Waals surface area contributed by atoms with E-state index < -0.39 is 6.10 Å². The third-order valence-corrected chi connectivity index (χ3v) is 4.46. The lowest BCUT2D eigenvalue weighted by Crippen LogP contribution is -2.42. The molecule has 0 spiro atoms. The SMILES string of the molecule is OC(CNC1CCc2ncnn2C1)COCc1ccc2c(c1)OCO2. The maximum Gasteiger partial charge on any atom is 0.231 e. The summed E-state index contributed by atoms with van der Waals surface area (Å²) in [4.78, 5) is 4.22. The van der Waals surface area contributed by atoms with E-state index in [-0.39, 0.29) is 13.4 Å². The minimum absolute atomic E-state index is 0.265. The summed E-state index contributed by atoms with van der Waals surface area (Å²) in [6.07, 6.45) is 2.96. The lowest BCUT2D eigenvalue weighted by Gasteiger charge is -2.24. The zero-order valence-electron chi connectivity index (χ0n) is 13.9. The Morgan fingerprint density at radius 1 is 1.36 bits per heavy atom. The summed E-state index contributed by atoms with van der Waals surface area (Å²) in [5.41, 5.74) is 0.996. The number of hydrogen-bond acceptors (Lipinski definition) is 7. The number of hydrogen-bond donors (Lipinski definition) is 2. The van der Waals surface area contributed by atoms with Crippen molar-refractivity contribution < 1.29 is 19.3 Å². The van der Waals surface area contributed by atoms with Crippen molar-refractivity contribution in [1.82, 2.24) is 20.1 Å². The van der Waals surface area contributed by atoms with E-state index in [1.54, 1.807) is 6.33 Å². The molecule has 0 amide bonds. The molecule has 2 aromatic rings. The Labute approximate surface area is 145 Å². The number of aromatic nitrogens is 3. The van der Waals surface area contributed by atoms with Crippen molar-refractivity contribution >= 4 is 0 Å². The van der Waals surface area contributed by atoms with Gasteiger partial charge in [-0.1, -0.05) is 6.07 Å². The van der Waals surface area contributed by atoms with Gasteiger partial charge in [-0.2, -0.15) is 5.10 Å². The summed E-state index contributed by atoms with van der Waals surface area (Å²) < 4.78 is 18.2. The first kappa shape index (κ1) is 16.3. The zero-order chi connectivity index (χ0) is 17.1. The van der Waals surface area contributed by atoms with Gasteiger partial charge in [0.05, 0.1) is 25.9 Å². The van der Waals surface area contributed by atoms with E-state index in [1.165, 1.54) is 0 Å². The Morgan fingerprint density at radius 3 is 3.24 bits per heavy atom. The summed E-state index contributed by atoms with van der Waals surface area (Å²) >= 11 is 0. The molecule has 2 unspecified atom stereocenters. The maximum absolute atomic E-state index is 10.1. The predicted octanol–water partition coefficient (Wildman–Crippen LogP) is 0.489. The van der Waals surface area contributed by atoms with Crippen LogP contribution in [0.2, 0.25) is 0 Å². The van der Waals surface area contributed by atoms with Crippen LogP contribution in [0.25, 0.3) is 0 Å². The third kappa shape index (κ3) is 3.92. The van der Waals surface area contributed by atoms with Gasteiger partial charge in [-0.05, 0) is 24.1 Å². The summed E-state index contributed by atoms with van der Waals surface area (Å²) in [6.45, 7) is 2.26. The van der Waals surface area contributed by atoms with Gasteiger partial charge in [0.25, 0.3) is 0 Å². The number of aliphatic hydroxyl groups is 1. The number of rotatable bonds is 7. The highest BCUT2D eigenvalue weighted by Crippen LogP contribution is 2.32. The largest absolute Gasteiger partial charge is 0.454 e. The molecule has 8 heteroatoms. The van der Waals surface area contributed by atoms with Crippen LogP contribution in [0.3, 0.4) is 0 Å². The van der Waals surface area contributed by atoms with Crippen LogP contribution in [0.15, 0.2) is 24.5 Å². The normalized spacial score (nSPS) is 19.6. The highest BCUT2D eigenvalue weighted by atomic mass is 16.7. The molecule has 0 radical (unpaired) electrons. The second-order valence-corrected chi connectivity index (χ2v) is 6.36. The molecular formula is C17H22N4O4. The highest BCUT2D eigenvalue weighted by Gasteiger charge is 2.20. The standard InChI is InChI=1S/C17H22N4O4/c22-14(6-18-13-2-4-17-19-10-20-21(17)7-13)9-23-8-12-1-3-15-16(5-12)25-11-24-15/h1,3,5,10,13-14,18,22H,2,4,6-9,11H2. The van der Waals surface area contributed by atoms with Gasteiger partial charge in [0.15, 0.2) is 11.5 Å². The van der Waals surface area contributed by atoms with Gasteiger partial charge in [0.2, 0.25) is 6.79 Å². The van der Waals surface area contributed by atoms with Crippen LogP contribution in [0.1, 0.15) is 17.8 Å². The van der Waals surface area contributed by atoms with Crippen LogP contribution in [0.5, 0.6) is 11.5 Å². The Bertz CT molecular complexity index is 720. The van der Waals surface area contributed by atoms with E-state index in [4.69, 9.17) is 14.2 Å². The number of fused-ring (bicyclic) bond motifs is 2. The van der Waals surface area contributed by atoms with Crippen LogP contribution in [-0.4, -0.2) is 52.0 Å². The quantitative estimate of drug-likeness (QED) is 0.754. The van der Waals surface area contributed by atoms with E-state index in [9.17, 15) is 5.11 Å². The van der Waals surface area contributed by atoms with Gasteiger partial charge < -0.3 is 24.6 Å². The first-order chi connectivity index (χ1) is 12.3. The number of nitrogens with zero attached hydrogens (tertiary/aromatic N) is 3. The third-order valence-electron chi connectivity index (χ3n) is 4.46. The number of aryl methyl sites for hydroxylation is 1. The van der Waals surface area contributed by atoms with E-state index in [0.717, 1.165) is 42.3 Å². The van der Waals surface area contributed by atoms with Gasteiger partial charge >= 0.3 is 0 Å². The van der Waals surface area contributed by atoms with Crippen molar-refractivity contribution in [3.8, 4) is 11.5 Å². The lowest BCUT2D eigenvalue weighted by molar-refractivity contribution is 0.0269.